The average Bonchev–Trinajstić information content (AvgIpc) is 2.36. The Balaban J connectivity index is 2.30. The van der Waals surface area contributed by atoms with Crippen LogP contribution in [0.3, 0.4) is 0 Å². The predicted octanol–water partition coefficient (Wildman–Crippen LogP) is 3.00. The lowest BCUT2D eigenvalue weighted by Gasteiger charge is -2.28. The summed E-state index contributed by atoms with van der Waals surface area (Å²) in [5.41, 5.74) is 0.533. The van der Waals surface area contributed by atoms with E-state index in [1.54, 1.807) is 6.92 Å². The summed E-state index contributed by atoms with van der Waals surface area (Å²) in [6.45, 7) is 5.81. The van der Waals surface area contributed by atoms with Gasteiger partial charge in [0, 0.05) is 5.54 Å². The third kappa shape index (κ3) is 3.08. The molecule has 0 aromatic heterocycles. The van der Waals surface area contributed by atoms with E-state index in [0.717, 1.165) is 5.56 Å². The van der Waals surface area contributed by atoms with Gasteiger partial charge in [-0.2, -0.15) is 0 Å². The first-order valence-electron chi connectivity index (χ1n) is 5.97. The largest absolute Gasteiger partial charge is 0.458 e. The van der Waals surface area contributed by atoms with Gasteiger partial charge in [-0.3, -0.25) is 4.79 Å². The Labute approximate surface area is 117 Å². The number of hydrogen-bond donors (Lipinski definition) is 1. The highest BCUT2D eigenvalue weighted by atomic mass is 35.5. The first-order chi connectivity index (χ1) is 8.90. The number of carbonyl (C=O) groups excluding carboxylic acids is 1. The Hall–Kier alpha value is -1.52. The summed E-state index contributed by atoms with van der Waals surface area (Å²) in [4.78, 5) is 11.1. The molecule has 0 atom stereocenters. The van der Waals surface area contributed by atoms with E-state index in [9.17, 15) is 4.79 Å². The summed E-state index contributed by atoms with van der Waals surface area (Å²) >= 11 is 6.18. The normalized spacial score (nSPS) is 13.5. The molecule has 5 heteroatoms. The third-order valence-corrected chi connectivity index (χ3v) is 3.23. The minimum atomic E-state index is -0.394. The van der Waals surface area contributed by atoms with E-state index in [1.165, 1.54) is 12.5 Å². The number of Topliss-reactive ketones (excluding diaryl/α,β-unsaturated/α-hetero) is 1. The van der Waals surface area contributed by atoms with Gasteiger partial charge < -0.3 is 14.8 Å². The van der Waals surface area contributed by atoms with Crippen LogP contribution >= 0.6 is 11.6 Å². The maximum absolute atomic E-state index is 11.1. The molecule has 0 amide bonds. The Morgan fingerprint density at radius 2 is 2.00 bits per heavy atom. The zero-order chi connectivity index (χ0) is 14.0. The lowest BCUT2D eigenvalue weighted by molar-refractivity contribution is -0.116. The number of ether oxygens (including phenoxy) is 2. The molecule has 1 aliphatic rings. The molecule has 1 N–H and O–H groups in total. The summed E-state index contributed by atoms with van der Waals surface area (Å²) in [5.74, 6) is 1.16. The van der Waals surface area contributed by atoms with Crippen LogP contribution in [0.4, 0.5) is 0 Å². The summed E-state index contributed by atoms with van der Waals surface area (Å²) in [6, 6.07) is 3.67. The van der Waals surface area contributed by atoms with Crippen LogP contribution in [-0.2, 0) is 10.3 Å². The van der Waals surface area contributed by atoms with Crippen LogP contribution < -0.4 is 14.8 Å². The van der Waals surface area contributed by atoms with Crippen LogP contribution in [0, 0.1) is 0 Å². The molecule has 0 saturated heterocycles. The molecule has 1 aliphatic heterocycles. The SMILES string of the molecule is CC(=O)CNC(C)(C)c1cc(Cl)c2c(c1)OC=CO2. The second-order valence-corrected chi connectivity index (χ2v) is 5.38. The molecular formula is C14H16ClNO3. The summed E-state index contributed by atoms with van der Waals surface area (Å²) < 4.78 is 10.7. The number of hydrogen-bond acceptors (Lipinski definition) is 4. The maximum atomic E-state index is 11.1. The molecule has 0 unspecified atom stereocenters. The van der Waals surface area contributed by atoms with E-state index in [0.29, 0.717) is 23.1 Å². The van der Waals surface area contributed by atoms with E-state index >= 15 is 0 Å². The number of fused-ring (bicyclic) bond motifs is 1. The minimum absolute atomic E-state index is 0.0830. The van der Waals surface area contributed by atoms with Gasteiger partial charge in [0.15, 0.2) is 11.5 Å². The van der Waals surface area contributed by atoms with E-state index in [2.05, 4.69) is 5.32 Å². The fraction of sp³-hybridized carbons (Fsp3) is 0.357. The molecule has 0 bridgehead atoms. The fourth-order valence-electron chi connectivity index (χ4n) is 1.78. The van der Waals surface area contributed by atoms with Crippen LogP contribution in [-0.4, -0.2) is 12.3 Å². The van der Waals surface area contributed by atoms with Crippen LogP contribution in [0.15, 0.2) is 24.7 Å². The molecule has 1 aromatic rings. The molecule has 4 nitrogen and oxygen atoms in total. The Morgan fingerprint density at radius 3 is 2.68 bits per heavy atom. The second kappa shape index (κ2) is 5.23. The highest BCUT2D eigenvalue weighted by Crippen LogP contribution is 2.40. The molecule has 0 radical (unpaired) electrons. The first kappa shape index (κ1) is 13.9. The zero-order valence-corrected chi connectivity index (χ0v) is 11.9. The molecule has 1 heterocycles. The summed E-state index contributed by atoms with van der Waals surface area (Å²) in [6.07, 6.45) is 2.89. The van der Waals surface area contributed by atoms with Crippen molar-refractivity contribution in [3.05, 3.63) is 35.2 Å². The molecule has 0 saturated carbocycles. The minimum Gasteiger partial charge on any atom is -0.458 e. The molecule has 0 aliphatic carbocycles. The highest BCUT2D eigenvalue weighted by Gasteiger charge is 2.24. The third-order valence-electron chi connectivity index (χ3n) is 2.95. The number of benzene rings is 1. The Kier molecular flexibility index (Phi) is 3.83. The second-order valence-electron chi connectivity index (χ2n) is 4.97. The van der Waals surface area contributed by atoms with Crippen molar-refractivity contribution in [1.82, 2.24) is 5.32 Å². The van der Waals surface area contributed by atoms with Crippen LogP contribution in [0.5, 0.6) is 11.5 Å². The van der Waals surface area contributed by atoms with Crippen LogP contribution in [0.1, 0.15) is 26.3 Å². The Bertz CT molecular complexity index is 538. The molecule has 102 valence electrons. The van der Waals surface area contributed by atoms with Crippen molar-refractivity contribution >= 4 is 17.4 Å². The van der Waals surface area contributed by atoms with Gasteiger partial charge in [-0.05, 0) is 38.5 Å². The van der Waals surface area contributed by atoms with Crippen molar-refractivity contribution in [2.75, 3.05) is 6.54 Å². The van der Waals surface area contributed by atoms with Crippen molar-refractivity contribution in [3.63, 3.8) is 0 Å². The molecule has 0 spiro atoms. The van der Waals surface area contributed by atoms with E-state index < -0.39 is 5.54 Å². The monoisotopic (exact) mass is 281 g/mol. The van der Waals surface area contributed by atoms with Gasteiger partial charge in [0.25, 0.3) is 0 Å². The molecule has 1 aromatic carbocycles. The van der Waals surface area contributed by atoms with Gasteiger partial charge in [0.2, 0.25) is 0 Å². The topological polar surface area (TPSA) is 47.6 Å². The quantitative estimate of drug-likeness (QED) is 0.922. The van der Waals surface area contributed by atoms with E-state index in [-0.39, 0.29) is 5.78 Å². The maximum Gasteiger partial charge on any atom is 0.187 e. The molecular weight excluding hydrogens is 266 g/mol. The van der Waals surface area contributed by atoms with Crippen molar-refractivity contribution in [1.29, 1.82) is 0 Å². The van der Waals surface area contributed by atoms with Crippen LogP contribution in [0.25, 0.3) is 0 Å². The fourth-order valence-corrected chi connectivity index (χ4v) is 2.03. The van der Waals surface area contributed by atoms with Gasteiger partial charge in [-0.25, -0.2) is 0 Å². The van der Waals surface area contributed by atoms with Gasteiger partial charge in [0.1, 0.15) is 18.3 Å². The smallest absolute Gasteiger partial charge is 0.187 e. The number of halogens is 1. The molecule has 19 heavy (non-hydrogen) atoms. The van der Waals surface area contributed by atoms with Gasteiger partial charge in [-0.15, -0.1) is 0 Å². The number of carbonyl (C=O) groups is 1. The molecule has 2 rings (SSSR count). The van der Waals surface area contributed by atoms with Gasteiger partial charge >= 0.3 is 0 Å². The van der Waals surface area contributed by atoms with Crippen molar-refractivity contribution in [2.45, 2.75) is 26.3 Å². The highest BCUT2D eigenvalue weighted by molar-refractivity contribution is 6.32. The average molecular weight is 282 g/mol. The van der Waals surface area contributed by atoms with Crippen molar-refractivity contribution < 1.29 is 14.3 Å². The number of ketones is 1. The van der Waals surface area contributed by atoms with Gasteiger partial charge in [0.05, 0.1) is 11.6 Å². The number of nitrogens with one attached hydrogen (secondary N) is 1. The lowest BCUT2D eigenvalue weighted by Crippen LogP contribution is -2.39. The first-order valence-corrected chi connectivity index (χ1v) is 6.35. The Morgan fingerprint density at radius 1 is 1.32 bits per heavy atom. The number of rotatable bonds is 4. The standard InChI is InChI=1S/C14H16ClNO3/c1-9(17)8-16-14(2,3)10-6-11(15)13-12(7-10)18-4-5-19-13/h4-7,16H,8H2,1-3H3. The summed E-state index contributed by atoms with van der Waals surface area (Å²) in [7, 11) is 0. The van der Waals surface area contributed by atoms with Crippen molar-refractivity contribution in [3.8, 4) is 11.5 Å². The predicted molar refractivity (Wildman–Crippen MR) is 73.6 cm³/mol. The van der Waals surface area contributed by atoms with Crippen molar-refractivity contribution in [2.24, 2.45) is 0 Å². The molecule has 0 fully saturated rings. The summed E-state index contributed by atoms with van der Waals surface area (Å²) in [5, 5.41) is 3.67. The lowest BCUT2D eigenvalue weighted by atomic mass is 9.93. The van der Waals surface area contributed by atoms with Crippen LogP contribution in [0.2, 0.25) is 5.02 Å². The van der Waals surface area contributed by atoms with E-state index in [1.807, 2.05) is 26.0 Å². The van der Waals surface area contributed by atoms with E-state index in [4.69, 9.17) is 21.1 Å². The van der Waals surface area contributed by atoms with Gasteiger partial charge in [-0.1, -0.05) is 11.6 Å². The zero-order valence-electron chi connectivity index (χ0n) is 11.1.